The summed E-state index contributed by atoms with van der Waals surface area (Å²) in [6.45, 7) is 0. The number of benzene rings is 1. The molecule has 0 aliphatic carbocycles. The van der Waals surface area contributed by atoms with E-state index >= 15 is 0 Å². The highest BCUT2D eigenvalue weighted by molar-refractivity contribution is 6.00. The Hall–Kier alpha value is -2.05. The van der Waals surface area contributed by atoms with Crippen LogP contribution in [-0.4, -0.2) is 16.8 Å². The van der Waals surface area contributed by atoms with Crippen LogP contribution in [0.2, 0.25) is 0 Å². The first kappa shape index (κ1) is 13.0. The number of rotatable bonds is 4. The summed E-state index contributed by atoms with van der Waals surface area (Å²) in [6, 6.07) is 1.70. The molecule has 0 aromatic heterocycles. The van der Waals surface area contributed by atoms with Gasteiger partial charge in [-0.25, -0.2) is 13.2 Å². The summed E-state index contributed by atoms with van der Waals surface area (Å²) in [6.07, 6.45) is -0.853. The van der Waals surface area contributed by atoms with Crippen LogP contribution in [0.5, 0.6) is 0 Å². The Labute approximate surface area is 94.5 Å². The number of ketones is 1. The predicted octanol–water partition coefficient (Wildman–Crippen LogP) is 1.35. The quantitative estimate of drug-likeness (QED) is 0.277. The minimum absolute atomic E-state index is 0.278. The number of amidine groups is 1. The molecule has 0 aliphatic heterocycles. The van der Waals surface area contributed by atoms with E-state index in [4.69, 9.17) is 10.9 Å². The average Bonchev–Trinajstić information content (AvgIpc) is 2.29. The van der Waals surface area contributed by atoms with Crippen molar-refractivity contribution in [3.8, 4) is 0 Å². The molecule has 0 unspecified atom stereocenters. The van der Waals surface area contributed by atoms with Gasteiger partial charge in [0.2, 0.25) is 0 Å². The molecule has 1 aromatic carbocycles. The SMILES string of the molecule is N/C(CC(=O)Cc1ccc(F)c(F)c1F)=N\O. The van der Waals surface area contributed by atoms with E-state index in [0.29, 0.717) is 0 Å². The van der Waals surface area contributed by atoms with E-state index in [-0.39, 0.29) is 11.4 Å². The Morgan fingerprint density at radius 2 is 1.94 bits per heavy atom. The zero-order chi connectivity index (χ0) is 13.0. The molecule has 3 N–H and O–H groups in total. The second-order valence-corrected chi connectivity index (χ2v) is 3.32. The molecule has 0 saturated heterocycles. The van der Waals surface area contributed by atoms with Crippen molar-refractivity contribution in [2.45, 2.75) is 12.8 Å². The van der Waals surface area contributed by atoms with Crippen LogP contribution in [0.1, 0.15) is 12.0 Å². The van der Waals surface area contributed by atoms with E-state index in [2.05, 4.69) is 5.16 Å². The van der Waals surface area contributed by atoms with Crippen molar-refractivity contribution in [1.29, 1.82) is 0 Å². The van der Waals surface area contributed by atoms with Gasteiger partial charge in [-0.2, -0.15) is 0 Å². The molecule has 92 valence electrons. The molecule has 0 spiro atoms. The highest BCUT2D eigenvalue weighted by Crippen LogP contribution is 2.16. The van der Waals surface area contributed by atoms with Gasteiger partial charge in [0.1, 0.15) is 11.6 Å². The van der Waals surface area contributed by atoms with Gasteiger partial charge in [0, 0.05) is 6.42 Å². The summed E-state index contributed by atoms with van der Waals surface area (Å²) in [5, 5.41) is 10.8. The van der Waals surface area contributed by atoms with Crippen LogP contribution in [0.25, 0.3) is 0 Å². The summed E-state index contributed by atoms with van der Waals surface area (Å²) in [5.74, 6) is -5.27. The van der Waals surface area contributed by atoms with E-state index in [1.165, 1.54) is 0 Å². The monoisotopic (exact) mass is 246 g/mol. The van der Waals surface area contributed by atoms with Gasteiger partial charge in [0.25, 0.3) is 0 Å². The molecule has 0 heterocycles. The first-order chi connectivity index (χ1) is 7.95. The van der Waals surface area contributed by atoms with Crippen molar-refractivity contribution in [2.24, 2.45) is 10.9 Å². The largest absolute Gasteiger partial charge is 0.409 e. The smallest absolute Gasteiger partial charge is 0.194 e. The van der Waals surface area contributed by atoms with Gasteiger partial charge in [0.05, 0.1) is 6.42 Å². The summed E-state index contributed by atoms with van der Waals surface area (Å²) in [4.78, 5) is 11.3. The average molecular weight is 246 g/mol. The van der Waals surface area contributed by atoms with Crippen LogP contribution in [0.15, 0.2) is 17.3 Å². The summed E-state index contributed by atoms with van der Waals surface area (Å²) < 4.78 is 38.6. The Balaban J connectivity index is 2.83. The van der Waals surface area contributed by atoms with Crippen molar-refractivity contribution < 1.29 is 23.2 Å². The predicted molar refractivity (Wildman–Crippen MR) is 53.1 cm³/mol. The number of oxime groups is 1. The lowest BCUT2D eigenvalue weighted by atomic mass is 10.1. The number of Topliss-reactive ketones (excluding diaryl/α,β-unsaturated/α-hetero) is 1. The van der Waals surface area contributed by atoms with Crippen LogP contribution < -0.4 is 5.73 Å². The lowest BCUT2D eigenvalue weighted by Gasteiger charge is -2.03. The van der Waals surface area contributed by atoms with Crippen molar-refractivity contribution in [3.05, 3.63) is 35.1 Å². The van der Waals surface area contributed by atoms with Gasteiger partial charge in [-0.1, -0.05) is 11.2 Å². The van der Waals surface area contributed by atoms with Crippen molar-refractivity contribution in [2.75, 3.05) is 0 Å². The van der Waals surface area contributed by atoms with Crippen molar-refractivity contribution >= 4 is 11.6 Å². The maximum absolute atomic E-state index is 13.2. The number of nitrogens with two attached hydrogens (primary N) is 1. The van der Waals surface area contributed by atoms with Crippen LogP contribution in [-0.2, 0) is 11.2 Å². The molecule has 0 atom stereocenters. The number of hydrogen-bond donors (Lipinski definition) is 2. The Morgan fingerprint density at radius 3 is 2.53 bits per heavy atom. The highest BCUT2D eigenvalue weighted by Gasteiger charge is 2.16. The van der Waals surface area contributed by atoms with Gasteiger partial charge in [-0.15, -0.1) is 0 Å². The van der Waals surface area contributed by atoms with Gasteiger partial charge in [-0.3, -0.25) is 4.79 Å². The maximum atomic E-state index is 13.2. The first-order valence-corrected chi connectivity index (χ1v) is 4.56. The van der Waals surface area contributed by atoms with Gasteiger partial charge in [-0.05, 0) is 11.6 Å². The Morgan fingerprint density at radius 1 is 1.29 bits per heavy atom. The minimum Gasteiger partial charge on any atom is -0.409 e. The number of halogens is 3. The highest BCUT2D eigenvalue weighted by atomic mass is 19.2. The van der Waals surface area contributed by atoms with E-state index < -0.39 is 36.1 Å². The zero-order valence-electron chi connectivity index (χ0n) is 8.58. The minimum atomic E-state index is -1.63. The summed E-state index contributed by atoms with van der Waals surface area (Å²) >= 11 is 0. The molecule has 0 saturated carbocycles. The van der Waals surface area contributed by atoms with Crippen molar-refractivity contribution in [1.82, 2.24) is 0 Å². The van der Waals surface area contributed by atoms with Gasteiger partial charge < -0.3 is 10.9 Å². The van der Waals surface area contributed by atoms with E-state index in [0.717, 1.165) is 12.1 Å². The molecule has 0 amide bonds. The normalized spacial score (nSPS) is 11.6. The molecule has 17 heavy (non-hydrogen) atoms. The third-order valence-electron chi connectivity index (χ3n) is 2.01. The molecule has 0 radical (unpaired) electrons. The zero-order valence-corrected chi connectivity index (χ0v) is 8.58. The van der Waals surface area contributed by atoms with Crippen molar-refractivity contribution in [3.63, 3.8) is 0 Å². The standard InChI is InChI=1S/C10H9F3N2O2/c11-7-2-1-5(9(12)10(7)13)3-6(16)4-8(14)15-17/h1-2,17H,3-4H2,(H2,14,15). The fraction of sp³-hybridized carbons (Fsp3) is 0.200. The number of nitrogens with zero attached hydrogens (tertiary/aromatic N) is 1. The topological polar surface area (TPSA) is 75.7 Å². The molecule has 4 nitrogen and oxygen atoms in total. The first-order valence-electron chi connectivity index (χ1n) is 4.56. The molecular weight excluding hydrogens is 237 g/mol. The van der Waals surface area contributed by atoms with Crippen LogP contribution in [0.3, 0.4) is 0 Å². The van der Waals surface area contributed by atoms with E-state index in [1.54, 1.807) is 0 Å². The molecule has 0 fully saturated rings. The fourth-order valence-corrected chi connectivity index (χ4v) is 1.21. The second-order valence-electron chi connectivity index (χ2n) is 3.32. The lowest BCUT2D eigenvalue weighted by Crippen LogP contribution is -2.18. The number of carbonyl (C=O) groups excluding carboxylic acids is 1. The van der Waals surface area contributed by atoms with Gasteiger partial charge in [0.15, 0.2) is 17.5 Å². The van der Waals surface area contributed by atoms with Crippen LogP contribution in [0, 0.1) is 17.5 Å². The summed E-state index contributed by atoms with van der Waals surface area (Å²) in [5.41, 5.74) is 4.79. The third-order valence-corrected chi connectivity index (χ3v) is 2.01. The fourth-order valence-electron chi connectivity index (χ4n) is 1.21. The summed E-state index contributed by atoms with van der Waals surface area (Å²) in [7, 11) is 0. The van der Waals surface area contributed by atoms with Gasteiger partial charge >= 0.3 is 0 Å². The molecule has 1 aromatic rings. The Bertz CT molecular complexity index is 475. The lowest BCUT2D eigenvalue weighted by molar-refractivity contribution is -0.117. The maximum Gasteiger partial charge on any atom is 0.194 e. The molecule has 0 bridgehead atoms. The molecular formula is C10H9F3N2O2. The second kappa shape index (κ2) is 5.33. The molecule has 7 heteroatoms. The number of carbonyl (C=O) groups is 1. The van der Waals surface area contributed by atoms with Crippen LogP contribution in [0.4, 0.5) is 13.2 Å². The van der Waals surface area contributed by atoms with E-state index in [9.17, 15) is 18.0 Å². The Kier molecular flexibility index (Phi) is 4.08. The third kappa shape index (κ3) is 3.20. The van der Waals surface area contributed by atoms with E-state index in [1.807, 2.05) is 0 Å². The molecule has 0 aliphatic rings. The van der Waals surface area contributed by atoms with Crippen LogP contribution >= 0.6 is 0 Å². The molecule has 1 rings (SSSR count). The number of hydrogen-bond acceptors (Lipinski definition) is 3.